The van der Waals surface area contributed by atoms with Crippen molar-refractivity contribution in [1.82, 2.24) is 0 Å². The van der Waals surface area contributed by atoms with Crippen molar-refractivity contribution in [3.05, 3.63) is 58.6 Å². The smallest absolute Gasteiger partial charge is 0.256 e. The largest absolute Gasteiger partial charge is 0.373 e. The summed E-state index contributed by atoms with van der Waals surface area (Å²) in [5, 5.41) is 3.65. The van der Waals surface area contributed by atoms with E-state index in [2.05, 4.69) is 5.32 Å². The quantitative estimate of drug-likeness (QED) is 0.874. The first-order valence-corrected chi connectivity index (χ1v) is 7.79. The molecule has 1 aliphatic rings. The number of nitrogens with zero attached hydrogens (tertiary/aromatic N) is 1. The second kappa shape index (κ2) is 6.05. The third-order valence-corrected chi connectivity index (χ3v) is 4.30. The molecule has 1 aliphatic heterocycles. The van der Waals surface area contributed by atoms with E-state index in [1.807, 2.05) is 32.0 Å². The third-order valence-electron chi connectivity index (χ3n) is 4.06. The summed E-state index contributed by atoms with van der Waals surface area (Å²) < 4.78 is 0. The maximum absolute atomic E-state index is 12.6. The first kappa shape index (κ1) is 15.6. The summed E-state index contributed by atoms with van der Waals surface area (Å²) in [5.74, 6) is -0.478. The van der Waals surface area contributed by atoms with Crippen LogP contribution in [0.1, 0.15) is 17.5 Å². The Hall–Kier alpha value is -2.33. The molecule has 1 N–H and O–H groups in total. The molecular formula is C18H17ClN2O2. The van der Waals surface area contributed by atoms with Gasteiger partial charge in [0.1, 0.15) is 6.04 Å². The van der Waals surface area contributed by atoms with Crippen LogP contribution in [0.4, 0.5) is 11.4 Å². The fraction of sp³-hybridized carbons (Fsp3) is 0.222. The summed E-state index contributed by atoms with van der Waals surface area (Å²) in [6, 6.07) is 12.1. The van der Waals surface area contributed by atoms with Gasteiger partial charge in [-0.25, -0.2) is 4.90 Å². The molecule has 0 aliphatic carbocycles. The molecule has 0 saturated carbocycles. The van der Waals surface area contributed by atoms with Crippen LogP contribution in [-0.4, -0.2) is 17.9 Å². The van der Waals surface area contributed by atoms with Crippen molar-refractivity contribution < 1.29 is 9.59 Å². The van der Waals surface area contributed by atoms with Crippen molar-refractivity contribution in [2.24, 2.45) is 0 Å². The predicted octanol–water partition coefficient (Wildman–Crippen LogP) is 3.70. The molecule has 2 aromatic rings. The summed E-state index contributed by atoms with van der Waals surface area (Å²) in [4.78, 5) is 26.0. The Kier molecular flexibility index (Phi) is 4.09. The summed E-state index contributed by atoms with van der Waals surface area (Å²) in [6.07, 6.45) is 0.137. The van der Waals surface area contributed by atoms with Gasteiger partial charge in [-0.3, -0.25) is 9.59 Å². The number of rotatable bonds is 3. The Balaban J connectivity index is 1.82. The van der Waals surface area contributed by atoms with Crippen molar-refractivity contribution >= 4 is 34.8 Å². The highest BCUT2D eigenvalue weighted by Crippen LogP contribution is 2.27. The number of aryl methyl sites for hydroxylation is 2. The molecule has 2 aromatic carbocycles. The Morgan fingerprint density at radius 1 is 1.09 bits per heavy atom. The van der Waals surface area contributed by atoms with E-state index in [0.717, 1.165) is 11.3 Å². The lowest BCUT2D eigenvalue weighted by Gasteiger charge is -2.16. The van der Waals surface area contributed by atoms with E-state index in [0.29, 0.717) is 10.7 Å². The van der Waals surface area contributed by atoms with Crippen LogP contribution in [0.3, 0.4) is 0 Å². The van der Waals surface area contributed by atoms with E-state index in [-0.39, 0.29) is 18.2 Å². The minimum Gasteiger partial charge on any atom is -0.373 e. The monoisotopic (exact) mass is 328 g/mol. The lowest BCUT2D eigenvalue weighted by Crippen LogP contribution is -2.34. The molecular weight excluding hydrogens is 312 g/mol. The minimum absolute atomic E-state index is 0.137. The molecule has 118 valence electrons. The van der Waals surface area contributed by atoms with Crippen molar-refractivity contribution in [2.75, 3.05) is 10.2 Å². The van der Waals surface area contributed by atoms with E-state index in [4.69, 9.17) is 11.6 Å². The van der Waals surface area contributed by atoms with E-state index in [1.54, 1.807) is 24.3 Å². The number of imide groups is 1. The van der Waals surface area contributed by atoms with Crippen LogP contribution in [0, 0.1) is 13.8 Å². The maximum Gasteiger partial charge on any atom is 0.256 e. The Morgan fingerprint density at radius 2 is 1.87 bits per heavy atom. The van der Waals surface area contributed by atoms with Crippen LogP contribution in [0.2, 0.25) is 5.02 Å². The predicted molar refractivity (Wildman–Crippen MR) is 91.9 cm³/mol. The fourth-order valence-corrected chi connectivity index (χ4v) is 2.85. The number of benzene rings is 2. The summed E-state index contributed by atoms with van der Waals surface area (Å²) in [7, 11) is 0. The van der Waals surface area contributed by atoms with Gasteiger partial charge in [-0.1, -0.05) is 23.7 Å². The zero-order valence-corrected chi connectivity index (χ0v) is 13.7. The molecule has 0 aromatic heterocycles. The molecule has 1 saturated heterocycles. The standard InChI is InChI=1S/C18H17ClN2O2/c1-11-6-7-14(8-12(11)2)20-16-10-17(22)21(18(16)23)15-5-3-4-13(19)9-15/h3-9,16,20H,10H2,1-2H3. The lowest BCUT2D eigenvalue weighted by atomic mass is 10.1. The molecule has 3 rings (SSSR count). The molecule has 0 spiro atoms. The van der Waals surface area contributed by atoms with E-state index in [1.165, 1.54) is 10.5 Å². The Bertz CT molecular complexity index is 788. The van der Waals surface area contributed by atoms with Crippen LogP contribution in [0.5, 0.6) is 0 Å². The first-order chi connectivity index (χ1) is 11.0. The molecule has 0 bridgehead atoms. The highest BCUT2D eigenvalue weighted by atomic mass is 35.5. The summed E-state index contributed by atoms with van der Waals surface area (Å²) in [5.41, 5.74) is 3.67. The highest BCUT2D eigenvalue weighted by molar-refractivity contribution is 6.31. The van der Waals surface area contributed by atoms with Gasteiger partial charge in [0.15, 0.2) is 0 Å². The van der Waals surface area contributed by atoms with E-state index < -0.39 is 6.04 Å². The van der Waals surface area contributed by atoms with Crippen molar-refractivity contribution in [1.29, 1.82) is 0 Å². The first-order valence-electron chi connectivity index (χ1n) is 7.42. The Morgan fingerprint density at radius 3 is 2.57 bits per heavy atom. The average molecular weight is 329 g/mol. The van der Waals surface area contributed by atoms with Crippen LogP contribution >= 0.6 is 11.6 Å². The summed E-state index contributed by atoms with van der Waals surface area (Å²) in [6.45, 7) is 4.05. The zero-order chi connectivity index (χ0) is 16.6. The van der Waals surface area contributed by atoms with Crippen molar-refractivity contribution in [3.8, 4) is 0 Å². The van der Waals surface area contributed by atoms with Crippen LogP contribution in [-0.2, 0) is 9.59 Å². The molecule has 1 atom stereocenters. The average Bonchev–Trinajstić information content (AvgIpc) is 2.77. The number of hydrogen-bond donors (Lipinski definition) is 1. The highest BCUT2D eigenvalue weighted by Gasteiger charge is 2.39. The topological polar surface area (TPSA) is 49.4 Å². The molecule has 0 radical (unpaired) electrons. The van der Waals surface area contributed by atoms with Gasteiger partial charge < -0.3 is 5.32 Å². The SMILES string of the molecule is Cc1ccc(NC2CC(=O)N(c3cccc(Cl)c3)C2=O)cc1C. The maximum atomic E-state index is 12.6. The fourth-order valence-electron chi connectivity index (χ4n) is 2.66. The number of carbonyl (C=O) groups is 2. The number of nitrogens with one attached hydrogen (secondary N) is 1. The van der Waals surface area contributed by atoms with Gasteiger partial charge in [0, 0.05) is 10.7 Å². The van der Waals surface area contributed by atoms with Gasteiger partial charge in [0.05, 0.1) is 12.1 Å². The van der Waals surface area contributed by atoms with E-state index >= 15 is 0 Å². The van der Waals surface area contributed by atoms with Gasteiger partial charge in [-0.15, -0.1) is 0 Å². The lowest BCUT2D eigenvalue weighted by molar-refractivity contribution is -0.121. The Labute approximate surface area is 140 Å². The van der Waals surface area contributed by atoms with Gasteiger partial charge in [0.25, 0.3) is 5.91 Å². The van der Waals surface area contributed by atoms with Gasteiger partial charge in [0.2, 0.25) is 5.91 Å². The second-order valence-corrected chi connectivity index (χ2v) is 6.18. The third kappa shape index (κ3) is 3.08. The van der Waals surface area contributed by atoms with Crippen molar-refractivity contribution in [3.63, 3.8) is 0 Å². The molecule has 4 nitrogen and oxygen atoms in total. The molecule has 5 heteroatoms. The minimum atomic E-state index is -0.552. The normalized spacial score (nSPS) is 17.7. The number of carbonyl (C=O) groups excluding carboxylic acids is 2. The van der Waals surface area contributed by atoms with Crippen LogP contribution < -0.4 is 10.2 Å². The van der Waals surface area contributed by atoms with Crippen LogP contribution in [0.15, 0.2) is 42.5 Å². The number of halogens is 1. The van der Waals surface area contributed by atoms with E-state index in [9.17, 15) is 9.59 Å². The molecule has 1 heterocycles. The van der Waals surface area contributed by atoms with Gasteiger partial charge in [-0.2, -0.15) is 0 Å². The molecule has 1 unspecified atom stereocenters. The second-order valence-electron chi connectivity index (χ2n) is 5.75. The molecule has 2 amide bonds. The molecule has 1 fully saturated rings. The number of anilines is 2. The number of hydrogen-bond acceptors (Lipinski definition) is 3. The zero-order valence-electron chi connectivity index (χ0n) is 13.0. The van der Waals surface area contributed by atoms with Crippen LogP contribution in [0.25, 0.3) is 0 Å². The van der Waals surface area contributed by atoms with Gasteiger partial charge >= 0.3 is 0 Å². The van der Waals surface area contributed by atoms with Gasteiger partial charge in [-0.05, 0) is 55.3 Å². The summed E-state index contributed by atoms with van der Waals surface area (Å²) >= 11 is 5.95. The molecule has 23 heavy (non-hydrogen) atoms. The van der Waals surface area contributed by atoms with Crippen molar-refractivity contribution in [2.45, 2.75) is 26.3 Å². The number of amides is 2.